The highest BCUT2D eigenvalue weighted by molar-refractivity contribution is 6.03. The minimum absolute atomic E-state index is 0.330. The average molecular weight is 252 g/mol. The molecule has 0 aromatic rings. The fraction of sp³-hybridized carbons (Fsp3) is 0.727. The lowest BCUT2D eigenvalue weighted by molar-refractivity contribution is -0.199. The van der Waals surface area contributed by atoms with Gasteiger partial charge in [-0.05, 0) is 38.8 Å². The Kier molecular flexibility index (Phi) is 3.18. The monoisotopic (exact) mass is 252 g/mol. The van der Waals surface area contributed by atoms with Crippen LogP contribution in [0.3, 0.4) is 0 Å². The van der Waals surface area contributed by atoms with Crippen LogP contribution in [0.25, 0.3) is 0 Å². The Balaban J connectivity index is 3.03. The molecule has 0 aromatic carbocycles. The molecule has 3 nitrogen and oxygen atoms in total. The topological polar surface area (TPSA) is 46.5 Å². The van der Waals surface area contributed by atoms with Gasteiger partial charge in [-0.3, -0.25) is 4.79 Å². The minimum atomic E-state index is -4.51. The summed E-state index contributed by atoms with van der Waals surface area (Å²) in [7, 11) is 0. The molecule has 2 atom stereocenters. The lowest BCUT2D eigenvalue weighted by Gasteiger charge is -2.27. The largest absolute Gasteiger partial charge is 0.411 e. The molecule has 6 heteroatoms. The standard InChI is InChI=1S/C11H15F3O3/c1-6-7(2)10(4,8(15)9(6,3)16)17-5-11(12,13)14/h16H,5H2,1-4H3. The van der Waals surface area contributed by atoms with E-state index < -0.39 is 29.8 Å². The third-order valence-corrected chi connectivity index (χ3v) is 3.41. The second-order valence-corrected chi connectivity index (χ2v) is 4.59. The van der Waals surface area contributed by atoms with E-state index in [9.17, 15) is 23.1 Å². The van der Waals surface area contributed by atoms with Gasteiger partial charge in [-0.1, -0.05) is 0 Å². The summed E-state index contributed by atoms with van der Waals surface area (Å²) in [6, 6.07) is 0. The van der Waals surface area contributed by atoms with Crippen LogP contribution in [-0.4, -0.2) is 34.9 Å². The summed E-state index contributed by atoms with van der Waals surface area (Å²) in [5, 5.41) is 9.90. The molecule has 2 unspecified atom stereocenters. The van der Waals surface area contributed by atoms with E-state index in [-0.39, 0.29) is 0 Å². The normalized spacial score (nSPS) is 34.7. The molecule has 1 aliphatic rings. The van der Waals surface area contributed by atoms with Gasteiger partial charge in [0.25, 0.3) is 0 Å². The Labute approximate surface area is 97.3 Å². The second kappa shape index (κ2) is 3.81. The number of alkyl halides is 3. The first kappa shape index (κ1) is 14.2. The van der Waals surface area contributed by atoms with E-state index >= 15 is 0 Å². The number of hydrogen-bond acceptors (Lipinski definition) is 3. The molecule has 0 heterocycles. The van der Waals surface area contributed by atoms with Crippen LogP contribution in [0, 0.1) is 0 Å². The number of Topliss-reactive ketones (excluding diaryl/α,β-unsaturated/α-hetero) is 1. The van der Waals surface area contributed by atoms with Crippen molar-refractivity contribution >= 4 is 5.78 Å². The van der Waals surface area contributed by atoms with Gasteiger partial charge in [0.1, 0.15) is 17.8 Å². The number of ketones is 1. The van der Waals surface area contributed by atoms with Crippen LogP contribution in [0.15, 0.2) is 11.1 Å². The second-order valence-electron chi connectivity index (χ2n) is 4.59. The molecule has 0 aliphatic heterocycles. The molecule has 0 fully saturated rings. The maximum Gasteiger partial charge on any atom is 0.411 e. The van der Waals surface area contributed by atoms with Gasteiger partial charge in [-0.15, -0.1) is 0 Å². The Morgan fingerprint density at radius 1 is 1.24 bits per heavy atom. The number of hydrogen-bond donors (Lipinski definition) is 1. The Morgan fingerprint density at radius 2 is 1.71 bits per heavy atom. The number of carbonyl (C=O) groups excluding carboxylic acids is 1. The first-order valence-electron chi connectivity index (χ1n) is 5.09. The highest BCUT2D eigenvalue weighted by Gasteiger charge is 2.55. The summed E-state index contributed by atoms with van der Waals surface area (Å²) in [5.41, 5.74) is -2.79. The molecule has 98 valence electrons. The zero-order chi connectivity index (χ0) is 13.6. The molecule has 1 rings (SSSR count). The van der Waals surface area contributed by atoms with Crippen molar-refractivity contribution in [1.29, 1.82) is 0 Å². The van der Waals surface area contributed by atoms with E-state index in [0.717, 1.165) is 0 Å². The van der Waals surface area contributed by atoms with E-state index in [1.165, 1.54) is 27.7 Å². The fourth-order valence-electron chi connectivity index (χ4n) is 1.93. The first-order chi connectivity index (χ1) is 7.43. The molecule has 0 bridgehead atoms. The minimum Gasteiger partial charge on any atom is -0.378 e. The van der Waals surface area contributed by atoms with Crippen molar-refractivity contribution in [3.63, 3.8) is 0 Å². The average Bonchev–Trinajstić information content (AvgIpc) is 2.30. The van der Waals surface area contributed by atoms with E-state index in [0.29, 0.717) is 11.1 Å². The van der Waals surface area contributed by atoms with Crippen molar-refractivity contribution in [2.45, 2.75) is 45.1 Å². The number of ether oxygens (including phenoxy) is 1. The molecular formula is C11H15F3O3. The zero-order valence-corrected chi connectivity index (χ0v) is 10.1. The van der Waals surface area contributed by atoms with Crippen molar-refractivity contribution in [2.24, 2.45) is 0 Å². The van der Waals surface area contributed by atoms with Crippen molar-refractivity contribution in [3.05, 3.63) is 11.1 Å². The highest BCUT2D eigenvalue weighted by Crippen LogP contribution is 2.41. The van der Waals surface area contributed by atoms with Crippen molar-refractivity contribution in [3.8, 4) is 0 Å². The van der Waals surface area contributed by atoms with Crippen LogP contribution < -0.4 is 0 Å². The van der Waals surface area contributed by atoms with E-state index in [4.69, 9.17) is 4.74 Å². The van der Waals surface area contributed by atoms with E-state index in [1.807, 2.05) is 0 Å². The van der Waals surface area contributed by atoms with Gasteiger partial charge in [0.2, 0.25) is 5.78 Å². The molecule has 0 saturated carbocycles. The zero-order valence-electron chi connectivity index (χ0n) is 10.1. The summed E-state index contributed by atoms with van der Waals surface area (Å²) < 4.78 is 41.0. The van der Waals surface area contributed by atoms with Gasteiger partial charge in [-0.2, -0.15) is 13.2 Å². The van der Waals surface area contributed by atoms with Crippen LogP contribution in [0.4, 0.5) is 13.2 Å². The summed E-state index contributed by atoms with van der Waals surface area (Å²) in [5.74, 6) is -0.760. The predicted molar refractivity (Wildman–Crippen MR) is 54.4 cm³/mol. The first-order valence-corrected chi connectivity index (χ1v) is 5.09. The van der Waals surface area contributed by atoms with Gasteiger partial charge in [0.15, 0.2) is 0 Å². The third-order valence-electron chi connectivity index (χ3n) is 3.41. The number of carbonyl (C=O) groups is 1. The van der Waals surface area contributed by atoms with Crippen LogP contribution >= 0.6 is 0 Å². The summed E-state index contributed by atoms with van der Waals surface area (Å²) >= 11 is 0. The fourth-order valence-corrected chi connectivity index (χ4v) is 1.93. The number of aliphatic hydroxyl groups is 1. The van der Waals surface area contributed by atoms with Gasteiger partial charge in [0, 0.05) is 0 Å². The summed E-state index contributed by atoms with van der Waals surface area (Å²) in [6.45, 7) is 3.99. The number of halogens is 3. The molecule has 0 aromatic heterocycles. The summed E-state index contributed by atoms with van der Waals surface area (Å²) in [4.78, 5) is 11.9. The van der Waals surface area contributed by atoms with E-state index in [2.05, 4.69) is 0 Å². The van der Waals surface area contributed by atoms with Gasteiger partial charge in [-0.25, -0.2) is 0 Å². The Bertz CT molecular complexity index is 382. The van der Waals surface area contributed by atoms with Crippen LogP contribution in [0.5, 0.6) is 0 Å². The highest BCUT2D eigenvalue weighted by atomic mass is 19.4. The molecule has 1 N–H and O–H groups in total. The van der Waals surface area contributed by atoms with Crippen molar-refractivity contribution < 1.29 is 27.8 Å². The van der Waals surface area contributed by atoms with Crippen LogP contribution in [-0.2, 0) is 9.53 Å². The Morgan fingerprint density at radius 3 is 2.00 bits per heavy atom. The molecule has 1 aliphatic carbocycles. The molecule has 0 amide bonds. The van der Waals surface area contributed by atoms with Crippen LogP contribution in [0.2, 0.25) is 0 Å². The maximum absolute atomic E-state index is 12.1. The maximum atomic E-state index is 12.1. The van der Waals surface area contributed by atoms with E-state index in [1.54, 1.807) is 0 Å². The quantitative estimate of drug-likeness (QED) is 0.764. The third kappa shape index (κ3) is 2.24. The lowest BCUT2D eigenvalue weighted by Crippen LogP contribution is -2.47. The molecule has 0 saturated heterocycles. The molecule has 17 heavy (non-hydrogen) atoms. The lowest BCUT2D eigenvalue weighted by atomic mass is 9.93. The van der Waals surface area contributed by atoms with Crippen LogP contribution in [0.1, 0.15) is 27.7 Å². The Hall–Kier alpha value is -0.880. The van der Waals surface area contributed by atoms with Gasteiger partial charge >= 0.3 is 6.18 Å². The van der Waals surface area contributed by atoms with Crippen molar-refractivity contribution in [2.75, 3.05) is 6.61 Å². The molecule has 0 radical (unpaired) electrons. The number of rotatable bonds is 2. The summed E-state index contributed by atoms with van der Waals surface area (Å²) in [6.07, 6.45) is -4.51. The van der Waals surface area contributed by atoms with Gasteiger partial charge in [0.05, 0.1) is 0 Å². The van der Waals surface area contributed by atoms with Gasteiger partial charge < -0.3 is 9.84 Å². The smallest absolute Gasteiger partial charge is 0.378 e. The molecular weight excluding hydrogens is 237 g/mol. The SMILES string of the molecule is CC1=C(C)C(C)(OCC(F)(F)F)C(=O)C1(C)O. The van der Waals surface area contributed by atoms with Crippen molar-refractivity contribution in [1.82, 2.24) is 0 Å². The molecule has 0 spiro atoms. The predicted octanol–water partition coefficient (Wildman–Crippen LogP) is 1.99.